The molecule has 0 aliphatic rings. The number of hydrogen-bond acceptors (Lipinski definition) is 7. The topological polar surface area (TPSA) is 143 Å². The highest BCUT2D eigenvalue weighted by molar-refractivity contribution is 6.11. The molecule has 4 rings (SSSR count). The number of amides is 2. The molecular weight excluding hydrogens is 396 g/mol. The Morgan fingerprint density at radius 2 is 1.71 bits per heavy atom. The average molecular weight is 412 g/mol. The molecule has 4 N–H and O–H groups in total. The van der Waals surface area contributed by atoms with Crippen molar-refractivity contribution in [3.05, 3.63) is 84.3 Å². The molecule has 1 heterocycles. The van der Waals surface area contributed by atoms with Gasteiger partial charge in [0, 0.05) is 17.3 Å². The third kappa shape index (κ3) is 4.06. The Kier molecular flexibility index (Phi) is 5.31. The van der Waals surface area contributed by atoms with E-state index in [1.807, 2.05) is 6.07 Å². The molecule has 152 valence electrons. The summed E-state index contributed by atoms with van der Waals surface area (Å²) < 4.78 is 0. The Morgan fingerprint density at radius 1 is 0.968 bits per heavy atom. The van der Waals surface area contributed by atoms with E-state index < -0.39 is 11.8 Å². The number of fused-ring (bicyclic) bond motifs is 1. The fourth-order valence-corrected chi connectivity index (χ4v) is 2.99. The molecular formula is C22H16N6O3. The normalized spacial score (nSPS) is 11.0. The first-order chi connectivity index (χ1) is 15.0. The number of nitrogens with zero attached hydrogens (tertiary/aromatic N) is 4. The van der Waals surface area contributed by atoms with Crippen LogP contribution in [0.2, 0.25) is 0 Å². The van der Waals surface area contributed by atoms with E-state index in [9.17, 15) is 14.7 Å². The molecule has 0 unspecified atom stereocenters. The number of nitrogens with one attached hydrogen (secondary N) is 1. The van der Waals surface area contributed by atoms with Crippen LogP contribution in [0.1, 0.15) is 20.7 Å². The van der Waals surface area contributed by atoms with Crippen molar-refractivity contribution in [1.29, 1.82) is 0 Å². The zero-order valence-electron chi connectivity index (χ0n) is 16.1. The van der Waals surface area contributed by atoms with Crippen LogP contribution in [0.15, 0.2) is 83.4 Å². The maximum atomic E-state index is 12.8. The minimum Gasteiger partial charge on any atom is -0.505 e. The molecule has 2 amide bonds. The van der Waals surface area contributed by atoms with Gasteiger partial charge in [-0.2, -0.15) is 0 Å². The van der Waals surface area contributed by atoms with Crippen molar-refractivity contribution in [3.8, 4) is 5.75 Å². The van der Waals surface area contributed by atoms with Crippen molar-refractivity contribution in [2.24, 2.45) is 16.0 Å². The van der Waals surface area contributed by atoms with Crippen molar-refractivity contribution < 1.29 is 14.7 Å². The Bertz CT molecular complexity index is 1320. The second-order valence-electron chi connectivity index (χ2n) is 6.49. The van der Waals surface area contributed by atoms with Gasteiger partial charge in [-0.3, -0.25) is 9.59 Å². The fraction of sp³-hybridized carbons (Fsp3) is 0. The van der Waals surface area contributed by atoms with E-state index in [2.05, 4.69) is 25.5 Å². The van der Waals surface area contributed by atoms with Gasteiger partial charge in [0.2, 0.25) is 0 Å². The molecule has 0 bridgehead atoms. The van der Waals surface area contributed by atoms with Gasteiger partial charge in [0.05, 0.1) is 5.56 Å². The molecule has 31 heavy (non-hydrogen) atoms. The number of phenols is 1. The minimum atomic E-state index is -0.764. The number of nitrogens with two attached hydrogens (primary N) is 1. The van der Waals surface area contributed by atoms with E-state index >= 15 is 0 Å². The number of carbonyl (C=O) groups is 2. The van der Waals surface area contributed by atoms with Gasteiger partial charge in [-0.05, 0) is 23.6 Å². The number of azo groups is 1. The largest absolute Gasteiger partial charge is 0.505 e. The highest BCUT2D eigenvalue weighted by Gasteiger charge is 2.19. The third-order valence-corrected chi connectivity index (χ3v) is 4.47. The van der Waals surface area contributed by atoms with Crippen molar-refractivity contribution in [2.45, 2.75) is 0 Å². The molecule has 4 aromatic rings. The summed E-state index contributed by atoms with van der Waals surface area (Å²) in [5, 5.41) is 22.9. The van der Waals surface area contributed by atoms with Crippen molar-refractivity contribution in [2.75, 3.05) is 5.32 Å². The molecule has 0 fully saturated rings. The van der Waals surface area contributed by atoms with Crippen molar-refractivity contribution in [1.82, 2.24) is 9.97 Å². The van der Waals surface area contributed by atoms with Crippen LogP contribution in [-0.2, 0) is 0 Å². The molecule has 0 atom stereocenters. The lowest BCUT2D eigenvalue weighted by Crippen LogP contribution is -2.12. The van der Waals surface area contributed by atoms with Crippen LogP contribution in [0, 0.1) is 0 Å². The Labute approximate surface area is 176 Å². The smallest absolute Gasteiger partial charge is 0.259 e. The zero-order valence-corrected chi connectivity index (χ0v) is 16.1. The van der Waals surface area contributed by atoms with Crippen LogP contribution in [0.3, 0.4) is 0 Å². The third-order valence-electron chi connectivity index (χ3n) is 4.47. The number of hydrogen-bond donors (Lipinski definition) is 3. The number of phenolic OH excluding ortho intramolecular Hbond substituents is 1. The first kappa shape index (κ1) is 19.6. The Balaban J connectivity index is 1.81. The summed E-state index contributed by atoms with van der Waals surface area (Å²) in [5.41, 5.74) is 5.96. The second-order valence-corrected chi connectivity index (χ2v) is 6.49. The van der Waals surface area contributed by atoms with E-state index in [-0.39, 0.29) is 28.4 Å². The number of primary amides is 1. The lowest BCUT2D eigenvalue weighted by molar-refractivity contribution is 0.0997. The average Bonchev–Trinajstić information content (AvgIpc) is 2.79. The number of para-hydroxylation sites is 1. The van der Waals surface area contributed by atoms with Crippen molar-refractivity contribution in [3.63, 3.8) is 0 Å². The van der Waals surface area contributed by atoms with E-state index in [0.717, 1.165) is 0 Å². The van der Waals surface area contributed by atoms with Gasteiger partial charge in [0.15, 0.2) is 11.6 Å². The second kappa shape index (κ2) is 8.37. The van der Waals surface area contributed by atoms with E-state index in [1.165, 1.54) is 12.5 Å². The van der Waals surface area contributed by atoms with Gasteiger partial charge in [0.1, 0.15) is 17.6 Å². The lowest BCUT2D eigenvalue weighted by atomic mass is 10.0. The first-order valence-corrected chi connectivity index (χ1v) is 9.17. The standard InChI is InChI=1S/C22H16N6O3/c23-20(30)17-11-24-12-25-21(17)28-27-18-15-9-5-4-6-13(15)10-16(19(18)29)22(31)26-14-7-2-1-3-8-14/h1-12,29H,(H2,23,30)(H,26,31). The van der Waals surface area contributed by atoms with Gasteiger partial charge < -0.3 is 16.2 Å². The molecule has 0 saturated carbocycles. The maximum absolute atomic E-state index is 12.8. The van der Waals surface area contributed by atoms with Gasteiger partial charge >= 0.3 is 0 Å². The van der Waals surface area contributed by atoms with Crippen LogP contribution in [0.25, 0.3) is 10.8 Å². The van der Waals surface area contributed by atoms with E-state index in [1.54, 1.807) is 54.6 Å². The maximum Gasteiger partial charge on any atom is 0.259 e. The summed E-state index contributed by atoms with van der Waals surface area (Å²) in [6, 6.07) is 17.5. The summed E-state index contributed by atoms with van der Waals surface area (Å²) in [5.74, 6) is -1.68. The summed E-state index contributed by atoms with van der Waals surface area (Å²) >= 11 is 0. The van der Waals surface area contributed by atoms with Crippen LogP contribution >= 0.6 is 0 Å². The lowest BCUT2D eigenvalue weighted by Gasteiger charge is -2.11. The quantitative estimate of drug-likeness (QED) is 0.423. The molecule has 0 spiro atoms. The SMILES string of the molecule is NC(=O)c1cncnc1N=Nc1c(O)c(C(=O)Nc2ccccc2)cc2ccccc12. The Morgan fingerprint density at radius 3 is 2.48 bits per heavy atom. The van der Waals surface area contributed by atoms with Crippen LogP contribution in [0.4, 0.5) is 17.2 Å². The monoisotopic (exact) mass is 412 g/mol. The number of anilines is 1. The minimum absolute atomic E-state index is 0.0204. The number of aromatic nitrogens is 2. The predicted molar refractivity (Wildman–Crippen MR) is 115 cm³/mol. The van der Waals surface area contributed by atoms with Gasteiger partial charge in [-0.15, -0.1) is 10.2 Å². The molecule has 9 heteroatoms. The predicted octanol–water partition coefficient (Wildman–Crippen LogP) is 4.10. The molecule has 0 aliphatic carbocycles. The highest BCUT2D eigenvalue weighted by Crippen LogP contribution is 2.39. The number of carbonyl (C=O) groups excluding carboxylic acids is 2. The van der Waals surface area contributed by atoms with E-state index in [0.29, 0.717) is 16.5 Å². The molecule has 3 aromatic carbocycles. The van der Waals surface area contributed by atoms with Crippen molar-refractivity contribution >= 4 is 39.8 Å². The number of rotatable bonds is 5. The highest BCUT2D eigenvalue weighted by atomic mass is 16.3. The zero-order chi connectivity index (χ0) is 21.8. The van der Waals surface area contributed by atoms with Gasteiger partial charge in [0.25, 0.3) is 11.8 Å². The number of benzene rings is 3. The van der Waals surface area contributed by atoms with Crippen LogP contribution in [0.5, 0.6) is 5.75 Å². The fourth-order valence-electron chi connectivity index (χ4n) is 2.99. The summed E-state index contributed by atoms with van der Waals surface area (Å²) in [6.45, 7) is 0. The molecule has 0 saturated heterocycles. The van der Waals surface area contributed by atoms with Gasteiger partial charge in [-0.25, -0.2) is 9.97 Å². The molecule has 0 radical (unpaired) electrons. The molecule has 1 aromatic heterocycles. The van der Waals surface area contributed by atoms with Gasteiger partial charge in [-0.1, -0.05) is 42.5 Å². The Hall–Kier alpha value is -4.66. The van der Waals surface area contributed by atoms with Crippen LogP contribution < -0.4 is 11.1 Å². The summed E-state index contributed by atoms with van der Waals surface area (Å²) in [4.78, 5) is 32.0. The molecule has 9 nitrogen and oxygen atoms in total. The summed E-state index contributed by atoms with van der Waals surface area (Å²) in [7, 11) is 0. The van der Waals surface area contributed by atoms with E-state index in [4.69, 9.17) is 5.73 Å². The molecule has 0 aliphatic heterocycles. The van der Waals surface area contributed by atoms with Crippen LogP contribution in [-0.4, -0.2) is 26.9 Å². The number of aromatic hydroxyl groups is 1. The summed E-state index contributed by atoms with van der Waals surface area (Å²) in [6.07, 6.45) is 2.42. The first-order valence-electron chi connectivity index (χ1n) is 9.17.